The molecule has 88 valence electrons. The van der Waals surface area contributed by atoms with Crippen LogP contribution in [0.4, 0.5) is 5.69 Å². The molecule has 1 aromatic carbocycles. The summed E-state index contributed by atoms with van der Waals surface area (Å²) in [5, 5.41) is 6.45. The van der Waals surface area contributed by atoms with Crippen LogP contribution in [0.2, 0.25) is 0 Å². The van der Waals surface area contributed by atoms with E-state index >= 15 is 0 Å². The minimum absolute atomic E-state index is 0.256. The molecule has 0 radical (unpaired) electrons. The Hall–Kier alpha value is -2.10. The van der Waals surface area contributed by atoms with Crippen molar-refractivity contribution in [3.05, 3.63) is 46.8 Å². The predicted octanol–water partition coefficient (Wildman–Crippen LogP) is 2.85. The molecule has 1 N–H and O–H groups in total. The van der Waals surface area contributed by atoms with Crippen LogP contribution < -0.4 is 5.32 Å². The highest BCUT2D eigenvalue weighted by atomic mass is 16.5. The lowest BCUT2D eigenvalue weighted by Gasteiger charge is -2.11. The summed E-state index contributed by atoms with van der Waals surface area (Å²) in [7, 11) is 0. The molecule has 4 nitrogen and oxygen atoms in total. The average molecular weight is 230 g/mol. The number of nitrogens with one attached hydrogen (secondary N) is 1. The van der Waals surface area contributed by atoms with Crippen LogP contribution in [0, 0.1) is 20.8 Å². The molecule has 0 saturated carbocycles. The first-order chi connectivity index (χ1) is 8.08. The van der Waals surface area contributed by atoms with Crippen molar-refractivity contribution in [3.8, 4) is 0 Å². The van der Waals surface area contributed by atoms with E-state index in [2.05, 4.69) is 15.0 Å². The van der Waals surface area contributed by atoms with Gasteiger partial charge in [0.05, 0.1) is 0 Å². The molecule has 0 aliphatic rings. The summed E-state index contributed by atoms with van der Waals surface area (Å²) < 4.78 is 4.64. The van der Waals surface area contributed by atoms with Gasteiger partial charge in [0.15, 0.2) is 5.69 Å². The number of hydrogen-bond donors (Lipinski definition) is 1. The Balaban J connectivity index is 2.28. The summed E-state index contributed by atoms with van der Waals surface area (Å²) >= 11 is 0. The molecule has 0 atom stereocenters. The number of aryl methyl sites for hydroxylation is 3. The first-order valence-corrected chi connectivity index (χ1v) is 5.37. The molecule has 0 unspecified atom stereocenters. The smallest absolute Gasteiger partial charge is 0.277 e. The maximum Gasteiger partial charge on any atom is 0.277 e. The molecule has 1 amide bonds. The van der Waals surface area contributed by atoms with Gasteiger partial charge >= 0.3 is 0 Å². The van der Waals surface area contributed by atoms with Gasteiger partial charge in [-0.15, -0.1) is 0 Å². The van der Waals surface area contributed by atoms with Crippen molar-refractivity contribution in [1.29, 1.82) is 0 Å². The Labute approximate surface area is 99.6 Å². The van der Waals surface area contributed by atoms with E-state index in [9.17, 15) is 4.79 Å². The van der Waals surface area contributed by atoms with Gasteiger partial charge in [-0.25, -0.2) is 0 Å². The normalized spacial score (nSPS) is 10.3. The Morgan fingerprint density at radius 3 is 2.41 bits per heavy atom. The van der Waals surface area contributed by atoms with Gasteiger partial charge in [0, 0.05) is 11.8 Å². The van der Waals surface area contributed by atoms with E-state index in [1.165, 1.54) is 17.9 Å². The van der Waals surface area contributed by atoms with Gasteiger partial charge in [0.2, 0.25) is 0 Å². The number of amides is 1. The van der Waals surface area contributed by atoms with Crippen molar-refractivity contribution >= 4 is 11.6 Å². The Morgan fingerprint density at radius 2 is 1.88 bits per heavy atom. The minimum Gasteiger partial charge on any atom is -0.364 e. The van der Waals surface area contributed by atoms with E-state index in [0.29, 0.717) is 0 Å². The fraction of sp³-hybridized carbons (Fsp3) is 0.231. The van der Waals surface area contributed by atoms with E-state index in [1.54, 1.807) is 0 Å². The number of benzene rings is 1. The van der Waals surface area contributed by atoms with Crippen molar-refractivity contribution in [2.45, 2.75) is 20.8 Å². The molecule has 0 spiro atoms. The number of rotatable bonds is 2. The second kappa shape index (κ2) is 4.41. The molecular formula is C13H14N2O2. The largest absolute Gasteiger partial charge is 0.364 e. The lowest BCUT2D eigenvalue weighted by atomic mass is 10.1. The maximum absolute atomic E-state index is 11.8. The van der Waals surface area contributed by atoms with Gasteiger partial charge in [-0.05, 0) is 31.9 Å². The van der Waals surface area contributed by atoms with Crippen LogP contribution in [0.5, 0.6) is 0 Å². The van der Waals surface area contributed by atoms with E-state index in [0.717, 1.165) is 16.8 Å². The van der Waals surface area contributed by atoms with Crippen molar-refractivity contribution in [2.75, 3.05) is 5.32 Å². The van der Waals surface area contributed by atoms with Crippen LogP contribution in [0.15, 0.2) is 29.0 Å². The lowest BCUT2D eigenvalue weighted by Crippen LogP contribution is -2.14. The van der Waals surface area contributed by atoms with Crippen LogP contribution in [-0.4, -0.2) is 11.1 Å². The standard InChI is InChI=1S/C13H14N2O2/c1-8-6-9(2)12(10(3)7-8)14-13(16)11-4-5-17-15-11/h4-7H,1-3H3,(H,14,16). The highest BCUT2D eigenvalue weighted by Gasteiger charge is 2.12. The Kier molecular flexibility index (Phi) is 2.95. The molecule has 0 saturated heterocycles. The molecule has 2 rings (SSSR count). The van der Waals surface area contributed by atoms with Gasteiger partial charge in [0.25, 0.3) is 5.91 Å². The molecule has 2 aromatic rings. The third kappa shape index (κ3) is 2.36. The third-order valence-corrected chi connectivity index (χ3v) is 2.59. The quantitative estimate of drug-likeness (QED) is 0.863. The van der Waals surface area contributed by atoms with Crippen LogP contribution in [0.3, 0.4) is 0 Å². The van der Waals surface area contributed by atoms with Gasteiger partial charge in [-0.2, -0.15) is 0 Å². The van der Waals surface area contributed by atoms with E-state index in [4.69, 9.17) is 0 Å². The van der Waals surface area contributed by atoms with Gasteiger partial charge < -0.3 is 9.84 Å². The molecule has 1 heterocycles. The molecule has 0 fully saturated rings. The van der Waals surface area contributed by atoms with E-state index in [1.807, 2.05) is 32.9 Å². The molecule has 4 heteroatoms. The summed E-state index contributed by atoms with van der Waals surface area (Å²) in [6.45, 7) is 5.97. The Bertz CT molecular complexity index is 522. The summed E-state index contributed by atoms with van der Waals surface area (Å²) in [6, 6.07) is 5.60. The second-order valence-electron chi connectivity index (χ2n) is 4.11. The minimum atomic E-state index is -0.256. The number of carbonyl (C=O) groups is 1. The number of aromatic nitrogens is 1. The number of hydrogen-bond acceptors (Lipinski definition) is 3. The lowest BCUT2D eigenvalue weighted by molar-refractivity contribution is 0.101. The zero-order chi connectivity index (χ0) is 12.4. The fourth-order valence-corrected chi connectivity index (χ4v) is 1.88. The predicted molar refractivity (Wildman–Crippen MR) is 65.1 cm³/mol. The fourth-order valence-electron chi connectivity index (χ4n) is 1.88. The average Bonchev–Trinajstić information content (AvgIpc) is 2.76. The maximum atomic E-state index is 11.8. The highest BCUT2D eigenvalue weighted by Crippen LogP contribution is 2.22. The first-order valence-electron chi connectivity index (χ1n) is 5.37. The number of anilines is 1. The highest BCUT2D eigenvalue weighted by molar-refractivity contribution is 6.03. The topological polar surface area (TPSA) is 55.1 Å². The summed E-state index contributed by atoms with van der Waals surface area (Å²) in [5.41, 5.74) is 4.38. The summed E-state index contributed by atoms with van der Waals surface area (Å²) in [4.78, 5) is 11.8. The summed E-state index contributed by atoms with van der Waals surface area (Å²) in [5.74, 6) is -0.256. The monoisotopic (exact) mass is 230 g/mol. The van der Waals surface area contributed by atoms with Crippen molar-refractivity contribution in [2.24, 2.45) is 0 Å². The van der Waals surface area contributed by atoms with Gasteiger partial charge in [-0.3, -0.25) is 4.79 Å². The molecule has 17 heavy (non-hydrogen) atoms. The van der Waals surface area contributed by atoms with Crippen molar-refractivity contribution in [3.63, 3.8) is 0 Å². The van der Waals surface area contributed by atoms with Crippen molar-refractivity contribution < 1.29 is 9.32 Å². The second-order valence-corrected chi connectivity index (χ2v) is 4.11. The van der Waals surface area contributed by atoms with E-state index in [-0.39, 0.29) is 11.6 Å². The molecular weight excluding hydrogens is 216 g/mol. The van der Waals surface area contributed by atoms with Crippen LogP contribution in [0.25, 0.3) is 0 Å². The van der Waals surface area contributed by atoms with Gasteiger partial charge in [-0.1, -0.05) is 22.9 Å². The van der Waals surface area contributed by atoms with Crippen LogP contribution in [-0.2, 0) is 0 Å². The molecule has 0 bridgehead atoms. The van der Waals surface area contributed by atoms with Crippen LogP contribution in [0.1, 0.15) is 27.2 Å². The molecule has 1 aromatic heterocycles. The summed E-state index contributed by atoms with van der Waals surface area (Å²) in [6.07, 6.45) is 1.38. The van der Waals surface area contributed by atoms with Crippen LogP contribution >= 0.6 is 0 Å². The van der Waals surface area contributed by atoms with Gasteiger partial charge in [0.1, 0.15) is 6.26 Å². The third-order valence-electron chi connectivity index (χ3n) is 2.59. The Morgan fingerprint density at radius 1 is 1.24 bits per heavy atom. The van der Waals surface area contributed by atoms with Crippen molar-refractivity contribution in [1.82, 2.24) is 5.16 Å². The molecule has 0 aliphatic carbocycles. The number of nitrogens with zero attached hydrogens (tertiary/aromatic N) is 1. The molecule has 0 aliphatic heterocycles. The first kappa shape index (κ1) is 11.4. The number of carbonyl (C=O) groups excluding carboxylic acids is 1. The van der Waals surface area contributed by atoms with E-state index < -0.39 is 0 Å². The zero-order valence-electron chi connectivity index (χ0n) is 10.1. The zero-order valence-corrected chi connectivity index (χ0v) is 10.1. The SMILES string of the molecule is Cc1cc(C)c(NC(=O)c2ccon2)c(C)c1.